The Labute approximate surface area is 125 Å². The summed E-state index contributed by atoms with van der Waals surface area (Å²) in [5.41, 5.74) is 1.15. The van der Waals surface area contributed by atoms with E-state index in [9.17, 15) is 4.79 Å². The SMILES string of the molecule is Cc1ccc(C2=N/C(=C\c3ccc(Cl)cc3)C(=O)O2)s1. The number of carbonyl (C=O) groups is 1. The van der Waals surface area contributed by atoms with Crippen LogP contribution >= 0.6 is 22.9 Å². The molecule has 0 bridgehead atoms. The minimum absolute atomic E-state index is 0.299. The summed E-state index contributed by atoms with van der Waals surface area (Å²) in [5.74, 6) is -0.0608. The van der Waals surface area contributed by atoms with Crippen LogP contribution in [0.25, 0.3) is 6.08 Å². The molecule has 2 aromatic rings. The summed E-state index contributed by atoms with van der Waals surface area (Å²) in [6.45, 7) is 2.00. The Morgan fingerprint density at radius 1 is 1.20 bits per heavy atom. The summed E-state index contributed by atoms with van der Waals surface area (Å²) >= 11 is 7.37. The van der Waals surface area contributed by atoms with Gasteiger partial charge in [-0.05, 0) is 42.8 Å². The highest BCUT2D eigenvalue weighted by atomic mass is 35.5. The second-order valence-corrected chi connectivity index (χ2v) is 6.02. The summed E-state index contributed by atoms with van der Waals surface area (Å²) in [4.78, 5) is 18.1. The molecule has 0 fully saturated rings. The molecule has 0 amide bonds. The maximum atomic E-state index is 11.8. The standard InChI is InChI=1S/C15H10ClNO2S/c1-9-2-7-13(20-9)14-17-12(15(18)19-14)8-10-3-5-11(16)6-4-10/h2-8H,1H3/b12-8-. The molecular formula is C15H10ClNO2S. The van der Waals surface area contributed by atoms with Crippen LogP contribution in [-0.2, 0) is 9.53 Å². The molecule has 20 heavy (non-hydrogen) atoms. The third kappa shape index (κ3) is 2.66. The van der Waals surface area contributed by atoms with E-state index in [4.69, 9.17) is 16.3 Å². The van der Waals surface area contributed by atoms with E-state index in [1.807, 2.05) is 31.2 Å². The molecule has 1 aromatic heterocycles. The number of ether oxygens (including phenoxy) is 1. The molecule has 0 saturated carbocycles. The summed E-state index contributed by atoms with van der Waals surface area (Å²) in [6, 6.07) is 11.1. The maximum Gasteiger partial charge on any atom is 0.363 e. The molecule has 0 spiro atoms. The fraction of sp³-hybridized carbons (Fsp3) is 0.0667. The van der Waals surface area contributed by atoms with Crippen molar-refractivity contribution in [3.63, 3.8) is 0 Å². The summed E-state index contributed by atoms with van der Waals surface area (Å²) in [7, 11) is 0. The Morgan fingerprint density at radius 3 is 2.60 bits per heavy atom. The zero-order chi connectivity index (χ0) is 14.1. The van der Waals surface area contributed by atoms with Gasteiger partial charge in [-0.15, -0.1) is 11.3 Å². The smallest absolute Gasteiger partial charge is 0.363 e. The number of hydrogen-bond donors (Lipinski definition) is 0. The molecule has 0 unspecified atom stereocenters. The molecule has 3 rings (SSSR count). The number of rotatable bonds is 2. The number of cyclic esters (lactones) is 1. The summed E-state index contributed by atoms with van der Waals surface area (Å²) < 4.78 is 5.20. The predicted octanol–water partition coefficient (Wildman–Crippen LogP) is 4.05. The van der Waals surface area contributed by atoms with Crippen molar-refractivity contribution in [1.82, 2.24) is 0 Å². The van der Waals surface area contributed by atoms with Gasteiger partial charge >= 0.3 is 5.97 Å². The summed E-state index contributed by atoms with van der Waals surface area (Å²) in [6.07, 6.45) is 1.69. The number of esters is 1. The van der Waals surface area contributed by atoms with E-state index in [1.165, 1.54) is 0 Å². The minimum Gasteiger partial charge on any atom is -0.401 e. The van der Waals surface area contributed by atoms with Gasteiger partial charge in [-0.3, -0.25) is 0 Å². The van der Waals surface area contributed by atoms with Gasteiger partial charge in [0, 0.05) is 9.90 Å². The van der Waals surface area contributed by atoms with Crippen molar-refractivity contribution >= 4 is 40.9 Å². The second kappa shape index (κ2) is 5.23. The Kier molecular flexibility index (Phi) is 3.42. The first-order valence-corrected chi connectivity index (χ1v) is 7.16. The van der Waals surface area contributed by atoms with Crippen LogP contribution in [0.15, 0.2) is 47.1 Å². The number of nitrogens with zero attached hydrogens (tertiary/aromatic N) is 1. The number of aliphatic imine (C=N–C) groups is 1. The van der Waals surface area contributed by atoms with Gasteiger partial charge in [0.1, 0.15) is 0 Å². The van der Waals surface area contributed by atoms with Gasteiger partial charge in [-0.25, -0.2) is 9.79 Å². The second-order valence-electron chi connectivity index (χ2n) is 4.30. The Morgan fingerprint density at radius 2 is 1.95 bits per heavy atom. The van der Waals surface area contributed by atoms with Crippen LogP contribution in [0.4, 0.5) is 0 Å². The van der Waals surface area contributed by atoms with Crippen molar-refractivity contribution in [1.29, 1.82) is 0 Å². The molecule has 5 heteroatoms. The van der Waals surface area contributed by atoms with E-state index in [2.05, 4.69) is 4.99 Å². The van der Waals surface area contributed by atoms with Gasteiger partial charge in [0.2, 0.25) is 5.90 Å². The van der Waals surface area contributed by atoms with E-state index in [-0.39, 0.29) is 0 Å². The van der Waals surface area contributed by atoms with Gasteiger partial charge in [-0.1, -0.05) is 23.7 Å². The van der Waals surface area contributed by atoms with E-state index in [1.54, 1.807) is 29.5 Å². The van der Waals surface area contributed by atoms with E-state index >= 15 is 0 Å². The largest absolute Gasteiger partial charge is 0.401 e. The van der Waals surface area contributed by atoms with Crippen LogP contribution in [0, 0.1) is 6.92 Å². The average molecular weight is 304 g/mol. The number of hydrogen-bond acceptors (Lipinski definition) is 4. The van der Waals surface area contributed by atoms with Gasteiger partial charge in [0.15, 0.2) is 5.70 Å². The minimum atomic E-state index is -0.430. The quantitative estimate of drug-likeness (QED) is 0.620. The normalized spacial score (nSPS) is 16.4. The molecule has 1 aliphatic rings. The molecule has 2 heterocycles. The van der Waals surface area contributed by atoms with Gasteiger partial charge < -0.3 is 4.74 Å². The zero-order valence-electron chi connectivity index (χ0n) is 10.6. The molecule has 0 N–H and O–H groups in total. The molecule has 0 atom stereocenters. The number of aryl methyl sites for hydroxylation is 1. The number of carbonyl (C=O) groups excluding carboxylic acids is 1. The monoisotopic (exact) mass is 303 g/mol. The summed E-state index contributed by atoms with van der Waals surface area (Å²) in [5, 5.41) is 0.652. The van der Waals surface area contributed by atoms with Crippen LogP contribution in [0.1, 0.15) is 15.3 Å². The van der Waals surface area contributed by atoms with E-state index in [0.29, 0.717) is 16.6 Å². The first-order valence-electron chi connectivity index (χ1n) is 5.97. The molecule has 0 saturated heterocycles. The lowest BCUT2D eigenvalue weighted by molar-refractivity contribution is -0.129. The van der Waals surface area contributed by atoms with Crippen molar-refractivity contribution in [2.24, 2.45) is 4.99 Å². The fourth-order valence-electron chi connectivity index (χ4n) is 1.78. The predicted molar refractivity (Wildman–Crippen MR) is 81.1 cm³/mol. The van der Waals surface area contributed by atoms with Gasteiger partial charge in [0.25, 0.3) is 0 Å². The van der Waals surface area contributed by atoms with Crippen LogP contribution in [0.5, 0.6) is 0 Å². The van der Waals surface area contributed by atoms with Crippen LogP contribution in [-0.4, -0.2) is 11.9 Å². The third-order valence-corrected chi connectivity index (χ3v) is 3.99. The first kappa shape index (κ1) is 13.1. The first-order chi connectivity index (χ1) is 9.61. The number of benzene rings is 1. The van der Waals surface area contributed by atoms with Gasteiger partial charge in [0.05, 0.1) is 4.88 Å². The highest BCUT2D eigenvalue weighted by Crippen LogP contribution is 2.23. The average Bonchev–Trinajstić information content (AvgIpc) is 3.00. The molecular weight excluding hydrogens is 294 g/mol. The number of halogens is 1. The lowest BCUT2D eigenvalue weighted by Crippen LogP contribution is -2.03. The van der Waals surface area contributed by atoms with Crippen molar-refractivity contribution in [3.8, 4) is 0 Å². The topological polar surface area (TPSA) is 38.7 Å². The van der Waals surface area contributed by atoms with Crippen LogP contribution < -0.4 is 0 Å². The molecule has 0 aliphatic carbocycles. The van der Waals surface area contributed by atoms with Crippen LogP contribution in [0.3, 0.4) is 0 Å². The molecule has 1 aromatic carbocycles. The van der Waals surface area contributed by atoms with Crippen molar-refractivity contribution in [2.45, 2.75) is 6.92 Å². The fourth-order valence-corrected chi connectivity index (χ4v) is 2.70. The van der Waals surface area contributed by atoms with Crippen molar-refractivity contribution in [3.05, 3.63) is 62.4 Å². The third-order valence-electron chi connectivity index (χ3n) is 2.75. The van der Waals surface area contributed by atoms with Crippen molar-refractivity contribution in [2.75, 3.05) is 0 Å². The highest BCUT2D eigenvalue weighted by molar-refractivity contribution is 7.14. The zero-order valence-corrected chi connectivity index (χ0v) is 12.2. The Bertz CT molecular complexity index is 729. The van der Waals surface area contributed by atoms with Crippen molar-refractivity contribution < 1.29 is 9.53 Å². The lowest BCUT2D eigenvalue weighted by atomic mass is 10.2. The maximum absolute atomic E-state index is 11.8. The molecule has 0 radical (unpaired) electrons. The molecule has 100 valence electrons. The highest BCUT2D eigenvalue weighted by Gasteiger charge is 2.24. The van der Waals surface area contributed by atoms with E-state index in [0.717, 1.165) is 15.3 Å². The Hall–Kier alpha value is -1.91. The Balaban J connectivity index is 1.92. The van der Waals surface area contributed by atoms with Crippen LogP contribution in [0.2, 0.25) is 5.02 Å². The molecule has 3 nitrogen and oxygen atoms in total. The molecule has 1 aliphatic heterocycles. The number of thiophene rings is 1. The van der Waals surface area contributed by atoms with E-state index < -0.39 is 5.97 Å². The lowest BCUT2D eigenvalue weighted by Gasteiger charge is -1.94. The van der Waals surface area contributed by atoms with Gasteiger partial charge in [-0.2, -0.15) is 0 Å².